The van der Waals surface area contributed by atoms with Gasteiger partial charge in [0.05, 0.1) is 5.70 Å². The minimum Gasteiger partial charge on any atom is -0.343 e. The smallest absolute Gasteiger partial charge is 0.247 e. The van der Waals surface area contributed by atoms with E-state index < -0.39 is 0 Å². The Morgan fingerprint density at radius 1 is 1.61 bits per heavy atom. The van der Waals surface area contributed by atoms with E-state index in [9.17, 15) is 4.79 Å². The van der Waals surface area contributed by atoms with Gasteiger partial charge < -0.3 is 10.2 Å². The van der Waals surface area contributed by atoms with Crippen molar-refractivity contribution in [1.29, 1.82) is 0 Å². The maximum Gasteiger partial charge on any atom is 0.247 e. The highest BCUT2D eigenvalue weighted by Gasteiger charge is 2.39. The SMILES string of the molecule is CCC1=C(Cl)N=C2C(=CC1)NC(=O)C1CCCN21. The molecular formula is C13H16ClN3O. The molecule has 0 radical (unpaired) electrons. The first-order valence-corrected chi connectivity index (χ1v) is 6.82. The minimum atomic E-state index is -0.0615. The number of allylic oxidation sites excluding steroid dienone is 2. The van der Waals surface area contributed by atoms with Crippen molar-refractivity contribution in [2.24, 2.45) is 4.99 Å². The van der Waals surface area contributed by atoms with E-state index in [2.05, 4.69) is 22.1 Å². The van der Waals surface area contributed by atoms with Gasteiger partial charge in [-0.2, -0.15) is 0 Å². The molecule has 1 N–H and O–H groups in total. The number of hydrogen-bond acceptors (Lipinski definition) is 3. The lowest BCUT2D eigenvalue weighted by molar-refractivity contribution is -0.124. The fourth-order valence-corrected chi connectivity index (χ4v) is 3.05. The van der Waals surface area contributed by atoms with Crippen LogP contribution in [0.2, 0.25) is 0 Å². The summed E-state index contributed by atoms with van der Waals surface area (Å²) in [5.41, 5.74) is 1.94. The Morgan fingerprint density at radius 3 is 3.22 bits per heavy atom. The van der Waals surface area contributed by atoms with Crippen LogP contribution in [0, 0.1) is 0 Å². The second kappa shape index (κ2) is 4.43. The zero-order valence-corrected chi connectivity index (χ0v) is 11.1. The third-order valence-corrected chi connectivity index (χ3v) is 4.15. The van der Waals surface area contributed by atoms with E-state index in [-0.39, 0.29) is 11.9 Å². The fraction of sp³-hybridized carbons (Fsp3) is 0.538. The van der Waals surface area contributed by atoms with Crippen molar-refractivity contribution < 1.29 is 4.79 Å². The average Bonchev–Trinajstić information content (AvgIpc) is 2.78. The van der Waals surface area contributed by atoms with Gasteiger partial charge in [0.1, 0.15) is 11.2 Å². The Balaban J connectivity index is 2.03. The first-order valence-electron chi connectivity index (χ1n) is 6.45. The van der Waals surface area contributed by atoms with Gasteiger partial charge in [0.2, 0.25) is 5.91 Å². The van der Waals surface area contributed by atoms with Crippen LogP contribution in [-0.2, 0) is 4.79 Å². The van der Waals surface area contributed by atoms with Crippen LogP contribution in [0.5, 0.6) is 0 Å². The van der Waals surface area contributed by atoms with Crippen LogP contribution in [-0.4, -0.2) is 29.2 Å². The van der Waals surface area contributed by atoms with E-state index in [1.807, 2.05) is 6.08 Å². The Labute approximate surface area is 111 Å². The minimum absolute atomic E-state index is 0.0615. The number of piperazine rings is 1. The Morgan fingerprint density at radius 2 is 2.44 bits per heavy atom. The number of carbonyl (C=O) groups excluding carboxylic acids is 1. The number of rotatable bonds is 1. The molecule has 0 bridgehead atoms. The first-order chi connectivity index (χ1) is 8.70. The van der Waals surface area contributed by atoms with E-state index in [4.69, 9.17) is 11.6 Å². The summed E-state index contributed by atoms with van der Waals surface area (Å²) in [7, 11) is 0. The number of carbonyl (C=O) groups is 1. The maximum atomic E-state index is 12.0. The topological polar surface area (TPSA) is 44.7 Å². The number of amidine groups is 1. The summed E-state index contributed by atoms with van der Waals surface area (Å²) >= 11 is 6.25. The molecule has 0 aliphatic carbocycles. The van der Waals surface area contributed by atoms with Crippen molar-refractivity contribution in [3.63, 3.8) is 0 Å². The normalized spacial score (nSPS) is 27.1. The van der Waals surface area contributed by atoms with Crippen LogP contribution in [0.1, 0.15) is 32.6 Å². The van der Waals surface area contributed by atoms with Crippen LogP contribution < -0.4 is 5.32 Å². The van der Waals surface area contributed by atoms with Crippen molar-refractivity contribution in [2.45, 2.75) is 38.6 Å². The lowest BCUT2D eigenvalue weighted by Crippen LogP contribution is -2.54. The molecule has 0 spiro atoms. The number of nitrogens with one attached hydrogen (secondary N) is 1. The molecule has 3 heterocycles. The zero-order chi connectivity index (χ0) is 12.7. The number of halogens is 1. The maximum absolute atomic E-state index is 12.0. The highest BCUT2D eigenvalue weighted by molar-refractivity contribution is 6.31. The molecule has 3 rings (SSSR count). The molecule has 1 atom stereocenters. The molecule has 1 unspecified atom stereocenters. The zero-order valence-electron chi connectivity index (χ0n) is 10.4. The molecule has 0 saturated carbocycles. The summed E-state index contributed by atoms with van der Waals surface area (Å²) in [5, 5.41) is 3.54. The molecule has 3 aliphatic rings. The van der Waals surface area contributed by atoms with Crippen LogP contribution in [0.25, 0.3) is 0 Å². The summed E-state index contributed by atoms with van der Waals surface area (Å²) in [5.74, 6) is 0.930. The van der Waals surface area contributed by atoms with Gasteiger partial charge in [-0.05, 0) is 31.3 Å². The van der Waals surface area contributed by atoms with Gasteiger partial charge in [-0.3, -0.25) is 4.79 Å². The molecule has 0 aromatic rings. The van der Waals surface area contributed by atoms with E-state index in [0.717, 1.165) is 49.3 Å². The Hall–Kier alpha value is -1.29. The van der Waals surface area contributed by atoms with Gasteiger partial charge in [-0.25, -0.2) is 4.99 Å². The van der Waals surface area contributed by atoms with Gasteiger partial charge >= 0.3 is 0 Å². The summed E-state index contributed by atoms with van der Waals surface area (Å²) in [6.45, 7) is 2.96. The van der Waals surface area contributed by atoms with Crippen molar-refractivity contribution in [3.05, 3.63) is 22.5 Å². The molecule has 2 saturated heterocycles. The summed E-state index contributed by atoms with van der Waals surface area (Å²) in [6.07, 6.45) is 5.61. The largest absolute Gasteiger partial charge is 0.343 e. The van der Waals surface area contributed by atoms with Crippen molar-refractivity contribution in [3.8, 4) is 0 Å². The lowest BCUT2D eigenvalue weighted by Gasteiger charge is -2.33. The molecule has 2 fully saturated rings. The predicted molar refractivity (Wildman–Crippen MR) is 71.2 cm³/mol. The predicted octanol–water partition coefficient (Wildman–Crippen LogP) is 2.13. The highest BCUT2D eigenvalue weighted by atomic mass is 35.5. The molecule has 1 amide bonds. The summed E-state index contributed by atoms with van der Waals surface area (Å²) in [4.78, 5) is 18.6. The number of fused-ring (bicyclic) bond motifs is 3. The monoisotopic (exact) mass is 265 g/mol. The third kappa shape index (κ3) is 1.75. The van der Waals surface area contributed by atoms with Crippen molar-refractivity contribution >= 4 is 23.3 Å². The average molecular weight is 266 g/mol. The fourth-order valence-electron chi connectivity index (χ4n) is 2.76. The quantitative estimate of drug-likeness (QED) is 0.738. The van der Waals surface area contributed by atoms with E-state index in [1.54, 1.807) is 0 Å². The summed E-state index contributed by atoms with van der Waals surface area (Å²) < 4.78 is 0. The van der Waals surface area contributed by atoms with E-state index in [1.165, 1.54) is 0 Å². The van der Waals surface area contributed by atoms with E-state index in [0.29, 0.717) is 5.16 Å². The standard InChI is InChI=1S/C13H16ClN3O/c1-2-8-5-6-9-12(16-11(8)14)17-7-3-4-10(17)13(18)15-9/h6,10H,2-5,7H2,1H3,(H,15,18). The molecule has 18 heavy (non-hydrogen) atoms. The lowest BCUT2D eigenvalue weighted by atomic mass is 10.1. The van der Waals surface area contributed by atoms with Gasteiger partial charge in [-0.1, -0.05) is 24.6 Å². The number of hydrogen-bond donors (Lipinski definition) is 1. The molecule has 3 aliphatic heterocycles. The van der Waals surface area contributed by atoms with Crippen LogP contribution in [0.4, 0.5) is 0 Å². The molecule has 96 valence electrons. The second-order valence-electron chi connectivity index (χ2n) is 4.85. The first kappa shape index (κ1) is 11.8. The Kier molecular flexibility index (Phi) is 2.90. The molecule has 0 aromatic heterocycles. The van der Waals surface area contributed by atoms with E-state index >= 15 is 0 Å². The van der Waals surface area contributed by atoms with Gasteiger partial charge in [-0.15, -0.1) is 0 Å². The number of amides is 1. The number of nitrogens with zero attached hydrogens (tertiary/aromatic N) is 2. The van der Waals surface area contributed by atoms with Gasteiger partial charge in [0.25, 0.3) is 0 Å². The van der Waals surface area contributed by atoms with Gasteiger partial charge in [0.15, 0.2) is 5.84 Å². The number of aliphatic imine (C=N–C) groups is 1. The molecule has 4 nitrogen and oxygen atoms in total. The third-order valence-electron chi connectivity index (χ3n) is 3.80. The Bertz CT molecular complexity index is 492. The molecular weight excluding hydrogens is 250 g/mol. The van der Waals surface area contributed by atoms with Crippen LogP contribution in [0.3, 0.4) is 0 Å². The van der Waals surface area contributed by atoms with Crippen molar-refractivity contribution in [2.75, 3.05) is 6.54 Å². The van der Waals surface area contributed by atoms with Crippen LogP contribution in [0.15, 0.2) is 27.5 Å². The van der Waals surface area contributed by atoms with Crippen LogP contribution >= 0.6 is 11.6 Å². The second-order valence-corrected chi connectivity index (χ2v) is 5.20. The van der Waals surface area contributed by atoms with Crippen molar-refractivity contribution in [1.82, 2.24) is 10.2 Å². The molecule has 5 heteroatoms. The highest BCUT2D eigenvalue weighted by Crippen LogP contribution is 2.29. The molecule has 0 aromatic carbocycles. The summed E-state index contributed by atoms with van der Waals surface area (Å²) in [6, 6.07) is -0.0615. The van der Waals surface area contributed by atoms with Gasteiger partial charge in [0, 0.05) is 6.54 Å².